The zero-order valence-electron chi connectivity index (χ0n) is 11.7. The second kappa shape index (κ2) is 7.56. The highest BCUT2D eigenvalue weighted by Crippen LogP contribution is 2.01. The van der Waals surface area contributed by atoms with E-state index in [4.69, 9.17) is 0 Å². The Hall–Kier alpha value is -1.85. The third-order valence-corrected chi connectivity index (χ3v) is 2.76. The molecule has 0 bridgehead atoms. The van der Waals surface area contributed by atoms with E-state index in [0.717, 1.165) is 13.0 Å². The lowest BCUT2D eigenvalue weighted by Gasteiger charge is -2.20. The normalized spacial score (nSPS) is 12.2. The lowest BCUT2D eigenvalue weighted by Crippen LogP contribution is -2.49. The summed E-state index contributed by atoms with van der Waals surface area (Å²) in [6.45, 7) is 6.63. The van der Waals surface area contributed by atoms with E-state index in [1.807, 2.05) is 24.6 Å². The number of aryl methyl sites for hydroxylation is 1. The maximum absolute atomic E-state index is 11.9. The molecule has 0 radical (unpaired) electrons. The monoisotopic (exact) mass is 266 g/mol. The number of aromatic nitrogens is 2. The van der Waals surface area contributed by atoms with Gasteiger partial charge in [-0.2, -0.15) is 0 Å². The maximum atomic E-state index is 11.9. The van der Waals surface area contributed by atoms with Crippen molar-refractivity contribution in [1.29, 1.82) is 0 Å². The van der Waals surface area contributed by atoms with Crippen LogP contribution in [0.25, 0.3) is 0 Å². The second-order valence-corrected chi connectivity index (χ2v) is 4.87. The molecule has 0 saturated carbocycles. The molecule has 2 amide bonds. The smallest absolute Gasteiger partial charge is 0.242 e. The van der Waals surface area contributed by atoms with Gasteiger partial charge in [0.15, 0.2) is 0 Å². The Morgan fingerprint density at radius 2 is 2.11 bits per heavy atom. The number of rotatable bonds is 7. The Morgan fingerprint density at radius 1 is 1.37 bits per heavy atom. The van der Waals surface area contributed by atoms with E-state index >= 15 is 0 Å². The Bertz CT molecular complexity index is 401. The largest absolute Gasteiger partial charge is 0.354 e. The molecule has 6 nitrogen and oxygen atoms in total. The first-order chi connectivity index (χ1) is 9.00. The van der Waals surface area contributed by atoms with Gasteiger partial charge in [0.1, 0.15) is 6.04 Å². The van der Waals surface area contributed by atoms with Gasteiger partial charge in [0.25, 0.3) is 0 Å². The molecule has 0 aliphatic carbocycles. The van der Waals surface area contributed by atoms with Crippen molar-refractivity contribution in [3.8, 4) is 0 Å². The molecular weight excluding hydrogens is 244 g/mol. The van der Waals surface area contributed by atoms with Crippen LogP contribution in [0.2, 0.25) is 0 Å². The Morgan fingerprint density at radius 3 is 2.63 bits per heavy atom. The number of nitrogens with one attached hydrogen (secondary N) is 2. The molecule has 106 valence electrons. The van der Waals surface area contributed by atoms with Gasteiger partial charge in [0.05, 0.1) is 6.33 Å². The van der Waals surface area contributed by atoms with Crippen LogP contribution in [-0.4, -0.2) is 34.0 Å². The molecule has 0 aliphatic heterocycles. The van der Waals surface area contributed by atoms with Gasteiger partial charge >= 0.3 is 0 Å². The first kappa shape index (κ1) is 15.2. The lowest BCUT2D eigenvalue weighted by atomic mass is 10.0. The molecule has 0 aromatic carbocycles. The van der Waals surface area contributed by atoms with E-state index < -0.39 is 6.04 Å². The summed E-state index contributed by atoms with van der Waals surface area (Å²) in [5, 5.41) is 5.51. The third kappa shape index (κ3) is 5.54. The van der Waals surface area contributed by atoms with Crippen LogP contribution < -0.4 is 10.6 Å². The van der Waals surface area contributed by atoms with Crippen LogP contribution >= 0.6 is 0 Å². The summed E-state index contributed by atoms with van der Waals surface area (Å²) in [6, 6.07) is -0.467. The van der Waals surface area contributed by atoms with Crippen LogP contribution in [0.15, 0.2) is 18.7 Å². The molecule has 1 rings (SSSR count). The van der Waals surface area contributed by atoms with Crippen molar-refractivity contribution in [3.63, 3.8) is 0 Å². The van der Waals surface area contributed by atoms with Crippen LogP contribution in [0.5, 0.6) is 0 Å². The predicted molar refractivity (Wildman–Crippen MR) is 72.3 cm³/mol. The van der Waals surface area contributed by atoms with Crippen molar-refractivity contribution >= 4 is 11.8 Å². The molecule has 0 saturated heterocycles. The van der Waals surface area contributed by atoms with Crippen molar-refractivity contribution in [2.24, 2.45) is 5.92 Å². The summed E-state index contributed by atoms with van der Waals surface area (Å²) in [4.78, 5) is 26.9. The van der Waals surface area contributed by atoms with Gasteiger partial charge in [-0.15, -0.1) is 0 Å². The first-order valence-electron chi connectivity index (χ1n) is 6.51. The van der Waals surface area contributed by atoms with E-state index in [9.17, 15) is 9.59 Å². The fourth-order valence-corrected chi connectivity index (χ4v) is 1.76. The zero-order chi connectivity index (χ0) is 14.3. The summed E-state index contributed by atoms with van der Waals surface area (Å²) >= 11 is 0. The number of hydrogen-bond donors (Lipinski definition) is 2. The standard InChI is InChI=1S/C13H22N4O2/c1-10(2)12(16-11(3)18)13(19)15-5-4-7-17-8-6-14-9-17/h6,8-10,12H,4-5,7H2,1-3H3,(H,15,19)(H,16,18). The molecule has 0 spiro atoms. The lowest BCUT2D eigenvalue weighted by molar-refractivity contribution is -0.129. The topological polar surface area (TPSA) is 76.0 Å². The molecule has 1 unspecified atom stereocenters. The van der Waals surface area contributed by atoms with E-state index in [1.165, 1.54) is 6.92 Å². The molecule has 19 heavy (non-hydrogen) atoms. The quantitative estimate of drug-likeness (QED) is 0.708. The molecule has 1 atom stereocenters. The zero-order valence-corrected chi connectivity index (χ0v) is 11.7. The number of carbonyl (C=O) groups is 2. The summed E-state index contributed by atoms with van der Waals surface area (Å²) in [5.74, 6) is -0.249. The van der Waals surface area contributed by atoms with Crippen LogP contribution in [0.3, 0.4) is 0 Å². The van der Waals surface area contributed by atoms with Gasteiger partial charge < -0.3 is 15.2 Å². The number of imidazole rings is 1. The van der Waals surface area contributed by atoms with E-state index in [2.05, 4.69) is 15.6 Å². The molecular formula is C13H22N4O2. The van der Waals surface area contributed by atoms with Crippen LogP contribution in [0.4, 0.5) is 0 Å². The van der Waals surface area contributed by atoms with Crippen LogP contribution in [0, 0.1) is 5.92 Å². The second-order valence-electron chi connectivity index (χ2n) is 4.87. The third-order valence-electron chi connectivity index (χ3n) is 2.76. The van der Waals surface area contributed by atoms with E-state index in [-0.39, 0.29) is 17.7 Å². The molecule has 1 heterocycles. The molecule has 0 fully saturated rings. The van der Waals surface area contributed by atoms with E-state index in [0.29, 0.717) is 6.54 Å². The van der Waals surface area contributed by atoms with Crippen molar-refractivity contribution < 1.29 is 9.59 Å². The molecule has 6 heteroatoms. The average Bonchev–Trinajstić information content (AvgIpc) is 2.83. The Labute approximate surface area is 113 Å². The maximum Gasteiger partial charge on any atom is 0.242 e. The summed E-state index contributed by atoms with van der Waals surface area (Å²) < 4.78 is 1.96. The Balaban J connectivity index is 2.29. The van der Waals surface area contributed by atoms with Crippen molar-refractivity contribution in [2.45, 2.75) is 39.8 Å². The van der Waals surface area contributed by atoms with Gasteiger partial charge in [-0.1, -0.05) is 13.8 Å². The fourth-order valence-electron chi connectivity index (χ4n) is 1.76. The fraction of sp³-hybridized carbons (Fsp3) is 0.615. The SMILES string of the molecule is CC(=O)NC(C(=O)NCCCn1ccnc1)C(C)C. The minimum atomic E-state index is -0.467. The first-order valence-corrected chi connectivity index (χ1v) is 6.51. The highest BCUT2D eigenvalue weighted by atomic mass is 16.2. The summed E-state index contributed by atoms with van der Waals surface area (Å²) in [6.07, 6.45) is 6.18. The number of hydrogen-bond acceptors (Lipinski definition) is 3. The van der Waals surface area contributed by atoms with Gasteiger partial charge in [0.2, 0.25) is 11.8 Å². The van der Waals surface area contributed by atoms with Crippen molar-refractivity contribution in [3.05, 3.63) is 18.7 Å². The highest BCUT2D eigenvalue weighted by molar-refractivity contribution is 5.86. The van der Waals surface area contributed by atoms with Gasteiger partial charge in [-0.05, 0) is 12.3 Å². The minimum Gasteiger partial charge on any atom is -0.354 e. The van der Waals surface area contributed by atoms with Gasteiger partial charge in [-0.3, -0.25) is 9.59 Å². The van der Waals surface area contributed by atoms with E-state index in [1.54, 1.807) is 12.5 Å². The minimum absolute atomic E-state index is 0.0672. The summed E-state index contributed by atoms with van der Waals surface area (Å²) in [7, 11) is 0. The van der Waals surface area contributed by atoms with Crippen LogP contribution in [-0.2, 0) is 16.1 Å². The molecule has 1 aromatic heterocycles. The van der Waals surface area contributed by atoms with Crippen LogP contribution in [0.1, 0.15) is 27.2 Å². The van der Waals surface area contributed by atoms with Crippen molar-refractivity contribution in [2.75, 3.05) is 6.54 Å². The number of amides is 2. The Kier molecular flexibility index (Phi) is 6.05. The number of nitrogens with zero attached hydrogens (tertiary/aromatic N) is 2. The van der Waals surface area contributed by atoms with Gasteiger partial charge in [0, 0.05) is 32.4 Å². The highest BCUT2D eigenvalue weighted by Gasteiger charge is 2.22. The average molecular weight is 266 g/mol. The molecule has 1 aromatic rings. The summed E-state index contributed by atoms with van der Waals surface area (Å²) in [5.41, 5.74) is 0. The number of carbonyl (C=O) groups excluding carboxylic acids is 2. The van der Waals surface area contributed by atoms with Crippen molar-refractivity contribution in [1.82, 2.24) is 20.2 Å². The molecule has 2 N–H and O–H groups in total. The predicted octanol–water partition coefficient (Wildman–Crippen LogP) is 0.550. The van der Waals surface area contributed by atoms with Gasteiger partial charge in [-0.25, -0.2) is 4.98 Å². The molecule has 0 aliphatic rings.